The molecule has 3 aromatic rings. The van der Waals surface area contributed by atoms with E-state index in [0.29, 0.717) is 5.69 Å². The molecule has 1 aromatic heterocycles. The van der Waals surface area contributed by atoms with Crippen LogP contribution in [0.4, 0.5) is 10.5 Å². The second-order valence-corrected chi connectivity index (χ2v) is 6.69. The molecule has 0 saturated heterocycles. The lowest BCUT2D eigenvalue weighted by atomic mass is 9.87. The molecule has 7 heteroatoms. The average molecular weight is 360 g/mol. The number of para-hydroxylation sites is 1. The Balaban J connectivity index is 1.86. The molecule has 0 spiro atoms. The van der Waals surface area contributed by atoms with E-state index in [4.69, 9.17) is 0 Å². The maximum absolute atomic E-state index is 13.3. The summed E-state index contributed by atoms with van der Waals surface area (Å²) in [6.07, 6.45) is 3.88. The lowest BCUT2D eigenvalue weighted by Gasteiger charge is -2.42. The Bertz CT molecular complexity index is 1220. The molecule has 2 aliphatic rings. The van der Waals surface area contributed by atoms with Crippen molar-refractivity contribution in [3.8, 4) is 0 Å². The van der Waals surface area contributed by atoms with Gasteiger partial charge in [0.15, 0.2) is 0 Å². The number of anilines is 1. The highest BCUT2D eigenvalue weighted by Crippen LogP contribution is 2.37. The number of hydrogen-bond acceptors (Lipinski definition) is 3. The van der Waals surface area contributed by atoms with E-state index in [1.165, 1.54) is 11.7 Å². The van der Waals surface area contributed by atoms with Gasteiger partial charge in [0.05, 0.1) is 6.04 Å². The minimum atomic E-state index is -0.642. The van der Waals surface area contributed by atoms with E-state index in [9.17, 15) is 14.4 Å². The highest BCUT2D eigenvalue weighted by atomic mass is 16.2. The molecular formula is C20H16N4O3. The zero-order chi connectivity index (χ0) is 18.7. The number of hydrogen-bond donors (Lipinski definition) is 0. The SMILES string of the molecule is Cn1c(=O)n2n(c1=O)[C@H]1c3ccccc3C=C[C@H]1N(c1ccccc1)C2=O. The van der Waals surface area contributed by atoms with E-state index in [2.05, 4.69) is 0 Å². The van der Waals surface area contributed by atoms with Gasteiger partial charge in [0.2, 0.25) is 0 Å². The van der Waals surface area contributed by atoms with E-state index in [1.54, 1.807) is 4.90 Å². The predicted molar refractivity (Wildman–Crippen MR) is 101 cm³/mol. The molecule has 0 bridgehead atoms. The lowest BCUT2D eigenvalue weighted by molar-refractivity contribution is 0.222. The molecule has 2 aromatic carbocycles. The molecule has 27 heavy (non-hydrogen) atoms. The molecule has 1 aliphatic carbocycles. The number of nitrogens with zero attached hydrogens (tertiary/aromatic N) is 4. The Morgan fingerprint density at radius 1 is 0.852 bits per heavy atom. The number of fused-ring (bicyclic) bond motifs is 5. The molecule has 2 heterocycles. The zero-order valence-electron chi connectivity index (χ0n) is 14.5. The van der Waals surface area contributed by atoms with Gasteiger partial charge in [-0.3, -0.25) is 4.90 Å². The van der Waals surface area contributed by atoms with Gasteiger partial charge in [-0.25, -0.2) is 23.6 Å². The van der Waals surface area contributed by atoms with Crippen molar-refractivity contribution in [3.63, 3.8) is 0 Å². The van der Waals surface area contributed by atoms with E-state index in [-0.39, 0.29) is 0 Å². The highest BCUT2D eigenvalue weighted by Gasteiger charge is 2.44. The van der Waals surface area contributed by atoms with E-state index in [1.807, 2.05) is 66.7 Å². The molecule has 0 N–H and O–H groups in total. The van der Waals surface area contributed by atoms with Crippen molar-refractivity contribution in [1.29, 1.82) is 0 Å². The first-order chi connectivity index (χ1) is 13.1. The first-order valence-corrected chi connectivity index (χ1v) is 8.66. The maximum Gasteiger partial charge on any atom is 0.355 e. The Hall–Kier alpha value is -3.61. The fraction of sp³-hybridized carbons (Fsp3) is 0.150. The van der Waals surface area contributed by atoms with E-state index >= 15 is 0 Å². The van der Waals surface area contributed by atoms with Crippen molar-refractivity contribution in [2.24, 2.45) is 7.05 Å². The van der Waals surface area contributed by atoms with Gasteiger partial charge in [0, 0.05) is 12.7 Å². The molecule has 2 atom stereocenters. The van der Waals surface area contributed by atoms with Gasteiger partial charge in [0.25, 0.3) is 0 Å². The third kappa shape index (κ3) is 1.99. The molecule has 7 nitrogen and oxygen atoms in total. The smallest absolute Gasteiger partial charge is 0.283 e. The van der Waals surface area contributed by atoms with Crippen LogP contribution in [0.1, 0.15) is 17.2 Å². The van der Waals surface area contributed by atoms with Crippen molar-refractivity contribution in [1.82, 2.24) is 13.9 Å². The van der Waals surface area contributed by atoms with Gasteiger partial charge in [-0.1, -0.05) is 54.6 Å². The largest absolute Gasteiger partial charge is 0.355 e. The van der Waals surface area contributed by atoms with Crippen LogP contribution in [0, 0.1) is 0 Å². The Labute approximate surface area is 154 Å². The first kappa shape index (κ1) is 15.6. The number of carbonyl (C=O) groups is 1. The number of aromatic nitrogens is 3. The van der Waals surface area contributed by atoms with E-state index < -0.39 is 29.5 Å². The molecule has 0 radical (unpaired) electrons. The molecule has 134 valence electrons. The van der Waals surface area contributed by atoms with Crippen LogP contribution < -0.4 is 16.3 Å². The Morgan fingerprint density at radius 3 is 2.33 bits per heavy atom. The molecule has 1 aliphatic heterocycles. The van der Waals surface area contributed by atoms with Crippen molar-refractivity contribution >= 4 is 17.8 Å². The number of rotatable bonds is 1. The van der Waals surface area contributed by atoms with Crippen molar-refractivity contribution in [3.05, 3.63) is 92.8 Å². The average Bonchev–Trinajstić information content (AvgIpc) is 2.93. The lowest BCUT2D eigenvalue weighted by Crippen LogP contribution is -2.58. The molecule has 0 unspecified atom stereocenters. The summed E-state index contributed by atoms with van der Waals surface area (Å²) in [6.45, 7) is 0. The molecular weight excluding hydrogens is 344 g/mol. The van der Waals surface area contributed by atoms with Crippen LogP contribution in [-0.4, -0.2) is 26.0 Å². The molecule has 1 amide bonds. The number of benzene rings is 2. The molecule has 0 fully saturated rings. The van der Waals surface area contributed by atoms with Crippen LogP contribution in [0.15, 0.2) is 70.3 Å². The van der Waals surface area contributed by atoms with Gasteiger partial charge >= 0.3 is 17.4 Å². The predicted octanol–water partition coefficient (Wildman–Crippen LogP) is 1.82. The summed E-state index contributed by atoms with van der Waals surface area (Å²) >= 11 is 0. The third-order valence-electron chi connectivity index (χ3n) is 5.26. The van der Waals surface area contributed by atoms with Crippen LogP contribution in [0.3, 0.4) is 0 Å². The normalized spacial score (nSPS) is 20.2. The van der Waals surface area contributed by atoms with Crippen LogP contribution in [0.2, 0.25) is 0 Å². The Kier molecular flexibility index (Phi) is 3.15. The van der Waals surface area contributed by atoms with Gasteiger partial charge < -0.3 is 0 Å². The monoisotopic (exact) mass is 360 g/mol. The van der Waals surface area contributed by atoms with Gasteiger partial charge in [-0.15, -0.1) is 4.68 Å². The second-order valence-electron chi connectivity index (χ2n) is 6.69. The third-order valence-corrected chi connectivity index (χ3v) is 5.26. The fourth-order valence-corrected chi connectivity index (χ4v) is 4.00. The minimum absolute atomic E-state index is 0.408. The quantitative estimate of drug-likeness (QED) is 0.665. The van der Waals surface area contributed by atoms with Crippen molar-refractivity contribution < 1.29 is 4.79 Å². The summed E-state index contributed by atoms with van der Waals surface area (Å²) in [5.74, 6) is 0. The summed E-state index contributed by atoms with van der Waals surface area (Å²) in [7, 11) is 1.39. The molecule has 0 saturated carbocycles. The molecule has 5 rings (SSSR count). The van der Waals surface area contributed by atoms with Crippen molar-refractivity contribution in [2.45, 2.75) is 12.1 Å². The maximum atomic E-state index is 13.3. The summed E-state index contributed by atoms with van der Waals surface area (Å²) in [4.78, 5) is 40.3. The Morgan fingerprint density at radius 2 is 1.56 bits per heavy atom. The summed E-state index contributed by atoms with van der Waals surface area (Å²) in [5, 5.41) is 0. The highest BCUT2D eigenvalue weighted by molar-refractivity contribution is 5.95. The fourth-order valence-electron chi connectivity index (χ4n) is 4.00. The van der Waals surface area contributed by atoms with Crippen LogP contribution in [0.25, 0.3) is 6.08 Å². The van der Waals surface area contributed by atoms with Crippen LogP contribution in [-0.2, 0) is 7.05 Å². The second kappa shape index (κ2) is 5.44. The number of amides is 1. The summed E-state index contributed by atoms with van der Waals surface area (Å²) in [5.41, 5.74) is 1.41. The van der Waals surface area contributed by atoms with Gasteiger partial charge in [-0.2, -0.15) is 0 Å². The van der Waals surface area contributed by atoms with Gasteiger partial charge in [0.1, 0.15) is 6.04 Å². The summed E-state index contributed by atoms with van der Waals surface area (Å²) < 4.78 is 3.22. The summed E-state index contributed by atoms with van der Waals surface area (Å²) in [6, 6.07) is 15.5. The first-order valence-electron chi connectivity index (χ1n) is 8.66. The van der Waals surface area contributed by atoms with Gasteiger partial charge in [-0.05, 0) is 23.3 Å². The minimum Gasteiger partial charge on any atom is -0.283 e. The zero-order valence-corrected chi connectivity index (χ0v) is 14.5. The topological polar surface area (TPSA) is 69.2 Å². The van der Waals surface area contributed by atoms with Crippen LogP contribution in [0.5, 0.6) is 0 Å². The van der Waals surface area contributed by atoms with Crippen LogP contribution >= 0.6 is 0 Å². The number of carbonyl (C=O) groups excluding carboxylic acids is 1. The van der Waals surface area contributed by atoms with E-state index in [0.717, 1.165) is 20.4 Å². The standard InChI is InChI=1S/C20H16N4O3/c1-21-18(25)23-17-15-10-6-5-7-13(15)11-12-16(17)22(14-8-3-2-4-9-14)20(27)24(23)19(21)26/h2-12,16-17H,1H3/t16-,17+/m1/s1. The van der Waals surface area contributed by atoms with Crippen molar-refractivity contribution in [2.75, 3.05) is 4.90 Å².